The molecule has 1 aliphatic rings. The molecule has 1 saturated heterocycles. The minimum Gasteiger partial charge on any atom is -0.399 e. The van der Waals surface area contributed by atoms with Crippen molar-refractivity contribution < 1.29 is 4.79 Å². The molecule has 2 unspecified atom stereocenters. The van der Waals surface area contributed by atoms with Crippen molar-refractivity contribution in [3.8, 4) is 0 Å². The number of hydrogen-bond acceptors (Lipinski definition) is 3. The number of halogens is 2. The Kier molecular flexibility index (Phi) is 9.59. The first kappa shape index (κ1) is 22.0. The number of benzene rings is 1. The van der Waals surface area contributed by atoms with Gasteiger partial charge in [0.1, 0.15) is 0 Å². The van der Waals surface area contributed by atoms with Crippen molar-refractivity contribution in [1.82, 2.24) is 10.2 Å². The highest BCUT2D eigenvalue weighted by molar-refractivity contribution is 5.96. The van der Waals surface area contributed by atoms with Crippen molar-refractivity contribution in [3.63, 3.8) is 0 Å². The normalized spacial score (nSPS) is 19.2. The van der Waals surface area contributed by atoms with Gasteiger partial charge in [0.25, 0.3) is 5.91 Å². The van der Waals surface area contributed by atoms with E-state index in [4.69, 9.17) is 5.73 Å². The van der Waals surface area contributed by atoms with Crippen LogP contribution in [0.4, 0.5) is 5.69 Å². The Bertz CT molecular complexity index is 511. The number of nitrogens with one attached hydrogen (secondary N) is 1. The van der Waals surface area contributed by atoms with Gasteiger partial charge < -0.3 is 11.1 Å². The van der Waals surface area contributed by atoms with Gasteiger partial charge in [0.15, 0.2) is 0 Å². The average molecular weight is 362 g/mol. The molecule has 1 aromatic carbocycles. The van der Waals surface area contributed by atoms with Gasteiger partial charge in [0.05, 0.1) is 0 Å². The summed E-state index contributed by atoms with van der Waals surface area (Å²) in [6.45, 7) is 9.37. The summed E-state index contributed by atoms with van der Waals surface area (Å²) in [6, 6.07) is 5.83. The number of nitrogens with two attached hydrogens (primary N) is 1. The topological polar surface area (TPSA) is 58.4 Å². The fraction of sp³-hybridized carbons (Fsp3) is 0.588. The summed E-state index contributed by atoms with van der Waals surface area (Å²) in [5.41, 5.74) is 8.03. The zero-order valence-electron chi connectivity index (χ0n) is 14.2. The van der Waals surface area contributed by atoms with E-state index in [1.807, 2.05) is 19.1 Å². The van der Waals surface area contributed by atoms with Gasteiger partial charge in [0.2, 0.25) is 0 Å². The molecular formula is C17H29Cl2N3O. The third-order valence-corrected chi connectivity index (χ3v) is 4.38. The zero-order valence-corrected chi connectivity index (χ0v) is 15.8. The number of hydrogen-bond donors (Lipinski definition) is 2. The predicted octanol–water partition coefficient (Wildman–Crippen LogP) is 3.27. The lowest BCUT2D eigenvalue weighted by atomic mass is 9.99. The van der Waals surface area contributed by atoms with E-state index in [-0.39, 0.29) is 30.7 Å². The molecule has 1 heterocycles. The van der Waals surface area contributed by atoms with E-state index in [1.54, 1.807) is 6.07 Å². The van der Waals surface area contributed by atoms with E-state index in [0.717, 1.165) is 24.6 Å². The SMILES string of the molecule is Cc1ccc(N)cc1C(=O)NCC(C)N1CCCC(C)C1.Cl.Cl. The second-order valence-electron chi connectivity index (χ2n) is 6.38. The third-order valence-electron chi connectivity index (χ3n) is 4.38. The lowest BCUT2D eigenvalue weighted by molar-refractivity contribution is 0.0917. The highest BCUT2D eigenvalue weighted by Gasteiger charge is 2.21. The van der Waals surface area contributed by atoms with Crippen molar-refractivity contribution in [2.45, 2.75) is 39.7 Å². The number of carbonyl (C=O) groups is 1. The molecule has 0 radical (unpaired) electrons. The van der Waals surface area contributed by atoms with E-state index in [1.165, 1.54) is 12.8 Å². The highest BCUT2D eigenvalue weighted by Crippen LogP contribution is 2.17. The maximum absolute atomic E-state index is 12.3. The molecule has 0 aromatic heterocycles. The van der Waals surface area contributed by atoms with Crippen LogP contribution in [-0.4, -0.2) is 36.5 Å². The van der Waals surface area contributed by atoms with Crippen LogP contribution < -0.4 is 11.1 Å². The maximum Gasteiger partial charge on any atom is 0.251 e. The van der Waals surface area contributed by atoms with Crippen molar-refractivity contribution in [1.29, 1.82) is 0 Å². The van der Waals surface area contributed by atoms with Gasteiger partial charge in [0, 0.05) is 30.4 Å². The molecule has 3 N–H and O–H groups in total. The van der Waals surface area contributed by atoms with Crippen LogP contribution in [0.2, 0.25) is 0 Å². The number of rotatable bonds is 4. The molecule has 6 heteroatoms. The van der Waals surface area contributed by atoms with Crippen molar-refractivity contribution >= 4 is 36.4 Å². The average Bonchev–Trinajstić information content (AvgIpc) is 2.47. The molecule has 1 aliphatic heterocycles. The van der Waals surface area contributed by atoms with Gasteiger partial charge in [-0.15, -0.1) is 24.8 Å². The third kappa shape index (κ3) is 6.21. The van der Waals surface area contributed by atoms with Crippen LogP contribution in [0.3, 0.4) is 0 Å². The number of nitrogen functional groups attached to an aromatic ring is 1. The number of carbonyl (C=O) groups excluding carboxylic acids is 1. The largest absolute Gasteiger partial charge is 0.399 e. The molecule has 2 atom stereocenters. The molecule has 1 amide bonds. The molecular weight excluding hydrogens is 333 g/mol. The fourth-order valence-corrected chi connectivity index (χ4v) is 2.98. The van der Waals surface area contributed by atoms with E-state index >= 15 is 0 Å². The summed E-state index contributed by atoms with van der Waals surface area (Å²) in [5, 5.41) is 3.04. The molecule has 4 nitrogen and oxygen atoms in total. The van der Waals surface area contributed by atoms with E-state index in [0.29, 0.717) is 23.8 Å². The number of nitrogens with zero attached hydrogens (tertiary/aromatic N) is 1. The number of piperidine rings is 1. The molecule has 2 rings (SSSR count). The quantitative estimate of drug-likeness (QED) is 0.809. The maximum atomic E-state index is 12.3. The highest BCUT2D eigenvalue weighted by atomic mass is 35.5. The lowest BCUT2D eigenvalue weighted by Crippen LogP contribution is -2.46. The Hall–Kier alpha value is -0.970. The molecule has 0 bridgehead atoms. The first-order valence-electron chi connectivity index (χ1n) is 7.85. The summed E-state index contributed by atoms with van der Waals surface area (Å²) in [4.78, 5) is 14.8. The van der Waals surface area contributed by atoms with Gasteiger partial charge in [-0.3, -0.25) is 9.69 Å². The van der Waals surface area contributed by atoms with Gasteiger partial charge in [-0.2, -0.15) is 0 Å². The molecule has 23 heavy (non-hydrogen) atoms. The van der Waals surface area contributed by atoms with Crippen molar-refractivity contribution in [3.05, 3.63) is 29.3 Å². The van der Waals surface area contributed by atoms with Crippen LogP contribution in [0.15, 0.2) is 18.2 Å². The molecule has 0 saturated carbocycles. The van der Waals surface area contributed by atoms with Crippen LogP contribution in [0.1, 0.15) is 42.6 Å². The molecule has 1 aromatic rings. The van der Waals surface area contributed by atoms with Crippen molar-refractivity contribution in [2.24, 2.45) is 5.92 Å². The number of likely N-dealkylation sites (tertiary alicyclic amines) is 1. The predicted molar refractivity (Wildman–Crippen MR) is 102 cm³/mol. The summed E-state index contributed by atoms with van der Waals surface area (Å²) in [5.74, 6) is 0.727. The van der Waals surface area contributed by atoms with Crippen LogP contribution in [0, 0.1) is 12.8 Å². The summed E-state index contributed by atoms with van der Waals surface area (Å²) in [7, 11) is 0. The Morgan fingerprint density at radius 2 is 2.13 bits per heavy atom. The Morgan fingerprint density at radius 3 is 2.78 bits per heavy atom. The first-order chi connectivity index (χ1) is 9.97. The monoisotopic (exact) mass is 361 g/mol. The Balaban J connectivity index is 0.00000242. The smallest absolute Gasteiger partial charge is 0.251 e. The summed E-state index contributed by atoms with van der Waals surface area (Å²) < 4.78 is 0. The summed E-state index contributed by atoms with van der Waals surface area (Å²) in [6.07, 6.45) is 2.58. The Labute approximate surface area is 152 Å². The van der Waals surface area contributed by atoms with E-state index in [9.17, 15) is 4.79 Å². The van der Waals surface area contributed by atoms with Gasteiger partial charge >= 0.3 is 0 Å². The van der Waals surface area contributed by atoms with Crippen LogP contribution >= 0.6 is 24.8 Å². The first-order valence-corrected chi connectivity index (χ1v) is 7.85. The van der Waals surface area contributed by atoms with Gasteiger partial charge in [-0.05, 0) is 56.8 Å². The Morgan fingerprint density at radius 1 is 1.43 bits per heavy atom. The number of amides is 1. The summed E-state index contributed by atoms with van der Waals surface area (Å²) >= 11 is 0. The van der Waals surface area contributed by atoms with E-state index < -0.39 is 0 Å². The van der Waals surface area contributed by atoms with E-state index in [2.05, 4.69) is 24.1 Å². The second kappa shape index (κ2) is 10.0. The number of aryl methyl sites for hydroxylation is 1. The molecule has 132 valence electrons. The van der Waals surface area contributed by atoms with Gasteiger partial charge in [-0.25, -0.2) is 0 Å². The van der Waals surface area contributed by atoms with Gasteiger partial charge in [-0.1, -0.05) is 13.0 Å². The molecule has 0 spiro atoms. The van der Waals surface area contributed by atoms with Crippen LogP contribution in [-0.2, 0) is 0 Å². The second-order valence-corrected chi connectivity index (χ2v) is 6.38. The molecule has 0 aliphatic carbocycles. The van der Waals surface area contributed by atoms with Crippen molar-refractivity contribution in [2.75, 3.05) is 25.4 Å². The minimum atomic E-state index is -0.0308. The minimum absolute atomic E-state index is 0. The van der Waals surface area contributed by atoms with Crippen LogP contribution in [0.25, 0.3) is 0 Å². The standard InChI is InChI=1S/C17H27N3O.2ClH/c1-12-5-4-8-20(11-12)14(3)10-19-17(21)16-9-15(18)7-6-13(16)2;;/h6-7,9,12,14H,4-5,8,10-11,18H2,1-3H3,(H,19,21);2*1H. The zero-order chi connectivity index (χ0) is 15.4. The fourth-order valence-electron chi connectivity index (χ4n) is 2.98. The lowest BCUT2D eigenvalue weighted by Gasteiger charge is -2.35. The van der Waals surface area contributed by atoms with Crippen LogP contribution in [0.5, 0.6) is 0 Å². The number of anilines is 1. The molecule has 1 fully saturated rings.